The number of fused-ring (bicyclic) bond motifs is 2. The molecule has 14 N–H and O–H groups in total. The molecule has 0 unspecified atom stereocenters. The van der Waals surface area contributed by atoms with E-state index in [0.717, 1.165) is 39.2 Å². The first-order chi connectivity index (χ1) is 40.0. The Morgan fingerprint density at radius 1 is 0.590 bits per heavy atom. The van der Waals surface area contributed by atoms with Gasteiger partial charge in [0.1, 0.15) is 41.8 Å². The zero-order chi connectivity index (χ0) is 59.5. The summed E-state index contributed by atoms with van der Waals surface area (Å²) < 4.78 is 0. The van der Waals surface area contributed by atoms with Crippen LogP contribution in [0.25, 0.3) is 21.7 Å². The van der Waals surface area contributed by atoms with Crippen molar-refractivity contribution in [2.75, 3.05) is 18.1 Å². The lowest BCUT2D eigenvalue weighted by atomic mass is 9.80. The van der Waals surface area contributed by atoms with E-state index in [9.17, 15) is 38.4 Å². The molecule has 8 amide bonds. The number of unbranched alkanes of at least 4 members (excludes halogenated alkanes) is 1. The van der Waals surface area contributed by atoms with Crippen molar-refractivity contribution in [3.8, 4) is 0 Å². The SMILES string of the molecule is NCCCC[C@H](NC(=O)[C@@H](Cc1c[nH]c2ccccc12)NC(=O)[C@@H](CS)NC(=O)[C@H](Cc1cccnc1)NC(=O)[C@H](N)Cc1ccc(Cl)cc1)C(=O)N[C@H](CS)C(=O)NC1(C(=O)N[C@@H](Cc2ccc3ccccc3c2)C(N)=O)CCCCC1. The minimum absolute atomic E-state index is 0.0180. The number of carbonyl (C=O) groups is 8. The zero-order valence-corrected chi connectivity index (χ0v) is 48.5. The number of nitrogens with zero attached hydrogens (tertiary/aromatic N) is 1. The zero-order valence-electron chi connectivity index (χ0n) is 45.9. The predicted octanol–water partition coefficient (Wildman–Crippen LogP) is 3.17. The van der Waals surface area contributed by atoms with Crippen LogP contribution in [0.4, 0.5) is 0 Å². The molecule has 0 bridgehead atoms. The number of rotatable bonds is 29. The standard InChI is InChI=1S/C60H73ClN12O8S2/c61-42-21-18-36(19-22-42)28-44(63)53(75)68-48(30-38-11-10-26-65-32-38)55(77)70-50(34-82)57(79)69-49(31-41-33-66-45-15-5-4-14-43(41)45)56(78)67-46(16-6-9-25-62)54(76)71-51(35-83)58(80)73-60(23-7-1-8-24-60)59(81)72-47(52(64)74)29-37-17-20-39-12-2-3-13-40(39)27-37/h2-5,10-15,17-22,26-27,32-33,44,46-51,66,82-83H,1,6-9,16,23-25,28-31,34-35,62-63H2,(H2,64,74)(H,67,78)(H,68,75)(H,69,79)(H,70,77)(H,71,76)(H,72,81)(H,73,80)/t44-,46+,47+,48+,49-,50-,51-/m1/s1. The number of aromatic amines is 1. The fourth-order valence-electron chi connectivity index (χ4n) is 10.2. The molecule has 4 aromatic carbocycles. The van der Waals surface area contributed by atoms with Crippen molar-refractivity contribution < 1.29 is 38.4 Å². The number of H-pyrrole nitrogens is 1. The summed E-state index contributed by atoms with van der Waals surface area (Å²) in [5.41, 5.74) is 20.1. The molecular weight excluding hydrogens is 1120 g/mol. The summed E-state index contributed by atoms with van der Waals surface area (Å²) in [6, 6.07) is 22.4. The first kappa shape index (κ1) is 63.1. The minimum atomic E-state index is -1.45. The molecule has 0 aliphatic heterocycles. The highest BCUT2D eigenvalue weighted by Gasteiger charge is 2.44. The first-order valence-corrected chi connectivity index (χ1v) is 29.4. The monoisotopic (exact) mass is 1190 g/mol. The van der Waals surface area contributed by atoms with Crippen LogP contribution in [0.15, 0.2) is 122 Å². The molecule has 6 aromatic rings. The molecule has 2 heterocycles. The quantitative estimate of drug-likeness (QED) is 0.0239. The number of hydrogen-bond donors (Lipinski definition) is 13. The van der Waals surface area contributed by atoms with Gasteiger partial charge in [-0.15, -0.1) is 0 Å². The lowest BCUT2D eigenvalue weighted by Crippen LogP contribution is -2.65. The largest absolute Gasteiger partial charge is 0.368 e. The highest BCUT2D eigenvalue weighted by atomic mass is 35.5. The second-order valence-corrected chi connectivity index (χ2v) is 22.1. The average Bonchev–Trinajstić information content (AvgIpc) is 4.01. The fraction of sp³-hybridized carbons (Fsp3) is 0.383. The molecule has 23 heteroatoms. The molecule has 20 nitrogen and oxygen atoms in total. The molecule has 0 spiro atoms. The Balaban J connectivity index is 1.06. The lowest BCUT2D eigenvalue weighted by molar-refractivity contribution is -0.138. The van der Waals surface area contributed by atoms with Gasteiger partial charge in [-0.1, -0.05) is 110 Å². The van der Waals surface area contributed by atoms with E-state index in [4.69, 9.17) is 28.8 Å². The molecule has 2 aromatic heterocycles. The average molecular weight is 1190 g/mol. The molecule has 1 saturated carbocycles. The Morgan fingerprint density at radius 3 is 1.86 bits per heavy atom. The number of hydrogen-bond acceptors (Lipinski definition) is 13. The third-order valence-electron chi connectivity index (χ3n) is 14.9. The van der Waals surface area contributed by atoms with Crippen LogP contribution in [0.3, 0.4) is 0 Å². The van der Waals surface area contributed by atoms with E-state index in [0.29, 0.717) is 41.8 Å². The Labute approximate surface area is 497 Å². The third-order valence-corrected chi connectivity index (χ3v) is 15.8. The fourth-order valence-corrected chi connectivity index (χ4v) is 10.8. The van der Waals surface area contributed by atoms with Crippen LogP contribution < -0.4 is 54.4 Å². The summed E-state index contributed by atoms with van der Waals surface area (Å²) in [5, 5.41) is 22.7. The number of halogens is 1. The summed E-state index contributed by atoms with van der Waals surface area (Å²) in [4.78, 5) is 120. The lowest BCUT2D eigenvalue weighted by Gasteiger charge is -2.38. The number of thiol groups is 2. The van der Waals surface area contributed by atoms with Crippen molar-refractivity contribution in [1.29, 1.82) is 0 Å². The smallest absolute Gasteiger partial charge is 0.246 e. The topological polar surface area (TPSA) is 328 Å². The number of nitrogens with one attached hydrogen (secondary N) is 8. The van der Waals surface area contributed by atoms with E-state index in [2.05, 4.69) is 72.4 Å². The van der Waals surface area contributed by atoms with Gasteiger partial charge in [0.25, 0.3) is 0 Å². The van der Waals surface area contributed by atoms with Gasteiger partial charge in [-0.3, -0.25) is 43.3 Å². The number of pyridine rings is 1. The summed E-state index contributed by atoms with van der Waals surface area (Å²) in [6.07, 6.45) is 8.40. The van der Waals surface area contributed by atoms with E-state index < -0.39 is 95.1 Å². The molecule has 7 rings (SSSR count). The van der Waals surface area contributed by atoms with E-state index in [1.54, 1.807) is 55.0 Å². The highest BCUT2D eigenvalue weighted by Crippen LogP contribution is 2.30. The van der Waals surface area contributed by atoms with E-state index >= 15 is 0 Å². The molecule has 7 atom stereocenters. The number of nitrogens with two attached hydrogens (primary N) is 3. The van der Waals surface area contributed by atoms with Gasteiger partial charge in [0.2, 0.25) is 47.3 Å². The van der Waals surface area contributed by atoms with Crippen LogP contribution in [0.5, 0.6) is 0 Å². The Kier molecular flexibility index (Phi) is 23.3. The van der Waals surface area contributed by atoms with E-state index in [-0.39, 0.29) is 63.0 Å². The van der Waals surface area contributed by atoms with Crippen molar-refractivity contribution in [3.05, 3.63) is 149 Å². The van der Waals surface area contributed by atoms with Gasteiger partial charge in [-0.2, -0.15) is 25.3 Å². The summed E-state index contributed by atoms with van der Waals surface area (Å²) in [7, 11) is 0. The number of carbonyl (C=O) groups excluding carboxylic acids is 8. The highest BCUT2D eigenvalue weighted by molar-refractivity contribution is 7.80. The van der Waals surface area contributed by atoms with Gasteiger partial charge in [-0.25, -0.2) is 0 Å². The Hall–Kier alpha value is -7.50. The van der Waals surface area contributed by atoms with Gasteiger partial charge >= 0.3 is 0 Å². The van der Waals surface area contributed by atoms with Gasteiger partial charge in [-0.05, 0) is 102 Å². The van der Waals surface area contributed by atoms with Crippen LogP contribution in [0.1, 0.15) is 73.6 Å². The molecule has 83 heavy (non-hydrogen) atoms. The maximum atomic E-state index is 14.8. The molecule has 0 radical (unpaired) electrons. The molecule has 0 saturated heterocycles. The van der Waals surface area contributed by atoms with Gasteiger partial charge in [0.15, 0.2) is 0 Å². The van der Waals surface area contributed by atoms with Crippen molar-refractivity contribution in [2.24, 2.45) is 17.2 Å². The van der Waals surface area contributed by atoms with E-state index in [1.165, 1.54) is 0 Å². The molecule has 1 aliphatic carbocycles. The maximum absolute atomic E-state index is 14.8. The molecule has 440 valence electrons. The van der Waals surface area contributed by atoms with Crippen molar-refractivity contribution in [2.45, 2.75) is 125 Å². The van der Waals surface area contributed by atoms with Gasteiger partial charge < -0.3 is 59.4 Å². The third kappa shape index (κ3) is 17.8. The van der Waals surface area contributed by atoms with Crippen LogP contribution in [0, 0.1) is 0 Å². The van der Waals surface area contributed by atoms with Crippen LogP contribution in [-0.4, -0.2) is 123 Å². The normalized spacial score (nSPS) is 15.5. The summed E-state index contributed by atoms with van der Waals surface area (Å²) in [6.45, 7) is 0.284. The van der Waals surface area contributed by atoms with Crippen LogP contribution in [0.2, 0.25) is 5.02 Å². The number of amides is 8. The van der Waals surface area contributed by atoms with Crippen molar-refractivity contribution >= 4 is 106 Å². The minimum Gasteiger partial charge on any atom is -0.368 e. The second-order valence-electron chi connectivity index (χ2n) is 21.0. The molecular formula is C60H73ClN12O8S2. The predicted molar refractivity (Wildman–Crippen MR) is 326 cm³/mol. The van der Waals surface area contributed by atoms with Crippen molar-refractivity contribution in [3.63, 3.8) is 0 Å². The summed E-state index contributed by atoms with van der Waals surface area (Å²) >= 11 is 14.9. The number of aromatic nitrogens is 2. The number of benzene rings is 4. The number of primary amides is 1. The van der Waals surface area contributed by atoms with Crippen LogP contribution in [-0.2, 0) is 64.0 Å². The summed E-state index contributed by atoms with van der Waals surface area (Å²) in [5.74, 6) is -6.17. The van der Waals surface area contributed by atoms with Gasteiger partial charge in [0.05, 0.1) is 6.04 Å². The van der Waals surface area contributed by atoms with Crippen LogP contribution >= 0.6 is 36.9 Å². The first-order valence-electron chi connectivity index (χ1n) is 27.8. The van der Waals surface area contributed by atoms with Gasteiger partial charge in [0, 0.05) is 65.3 Å². The molecule has 1 aliphatic rings. The molecule has 1 fully saturated rings. The second kappa shape index (κ2) is 30.7. The maximum Gasteiger partial charge on any atom is 0.246 e. The van der Waals surface area contributed by atoms with E-state index in [1.807, 2.05) is 66.7 Å². The number of para-hydroxylation sites is 1. The van der Waals surface area contributed by atoms with Crippen molar-refractivity contribution in [1.82, 2.24) is 47.2 Å². The Bertz CT molecular complexity index is 3220. The Morgan fingerprint density at radius 2 is 1.18 bits per heavy atom.